The number of carbonyl (C=O) groups is 1. The lowest BCUT2D eigenvalue weighted by molar-refractivity contribution is -0.385. The lowest BCUT2D eigenvalue weighted by atomic mass is 10.1. The van der Waals surface area contributed by atoms with Gasteiger partial charge in [-0.2, -0.15) is 0 Å². The van der Waals surface area contributed by atoms with E-state index < -0.39 is 14.9 Å². The highest BCUT2D eigenvalue weighted by molar-refractivity contribution is 7.92. The molecule has 0 bridgehead atoms. The predicted octanol–water partition coefficient (Wildman–Crippen LogP) is 4.08. The number of methoxy groups -OCH3 is 2. The maximum atomic E-state index is 13.4. The molecule has 184 valence electrons. The fourth-order valence-corrected chi connectivity index (χ4v) is 4.54. The van der Waals surface area contributed by atoms with E-state index in [0.717, 1.165) is 11.6 Å². The Morgan fingerprint density at radius 1 is 1.00 bits per heavy atom. The second kappa shape index (κ2) is 10.9. The summed E-state index contributed by atoms with van der Waals surface area (Å²) >= 11 is 0. The number of benzene rings is 3. The summed E-state index contributed by atoms with van der Waals surface area (Å²) in [6, 6.07) is 16.2. The summed E-state index contributed by atoms with van der Waals surface area (Å²) < 4.78 is 38.8. The first-order chi connectivity index (χ1) is 16.7. The SMILES string of the molecule is CCN(Cc1ccc(OC)c(OC)c1)C(=O)c1ccccc1NS(=O)(=O)c1cccc([N+](=O)[O-])c1. The van der Waals surface area contributed by atoms with Crippen molar-refractivity contribution in [2.75, 3.05) is 25.5 Å². The average molecular weight is 500 g/mol. The average Bonchev–Trinajstić information content (AvgIpc) is 2.86. The van der Waals surface area contributed by atoms with Crippen LogP contribution in [0.3, 0.4) is 0 Å². The molecule has 1 N–H and O–H groups in total. The molecule has 0 aliphatic rings. The summed E-state index contributed by atoms with van der Waals surface area (Å²) in [7, 11) is -1.13. The van der Waals surface area contributed by atoms with Gasteiger partial charge in [0.25, 0.3) is 21.6 Å². The van der Waals surface area contributed by atoms with Crippen molar-refractivity contribution in [3.63, 3.8) is 0 Å². The van der Waals surface area contributed by atoms with E-state index in [9.17, 15) is 23.3 Å². The molecule has 0 atom stereocenters. The zero-order valence-corrected chi connectivity index (χ0v) is 20.2. The molecule has 3 aromatic carbocycles. The number of nitrogens with zero attached hydrogens (tertiary/aromatic N) is 2. The second-order valence-electron chi connectivity index (χ2n) is 7.41. The number of nitrogens with one attached hydrogen (secondary N) is 1. The molecule has 0 unspecified atom stereocenters. The topological polar surface area (TPSA) is 128 Å². The summed E-state index contributed by atoms with van der Waals surface area (Å²) in [5, 5.41) is 11.0. The van der Waals surface area contributed by atoms with Crippen LogP contribution in [0.4, 0.5) is 11.4 Å². The van der Waals surface area contributed by atoms with Gasteiger partial charge in [0.15, 0.2) is 11.5 Å². The van der Waals surface area contributed by atoms with E-state index in [4.69, 9.17) is 9.47 Å². The maximum absolute atomic E-state index is 13.4. The molecule has 0 fully saturated rings. The zero-order valence-electron chi connectivity index (χ0n) is 19.4. The number of para-hydroxylation sites is 1. The number of nitro groups is 1. The van der Waals surface area contributed by atoms with Crippen molar-refractivity contribution in [3.05, 3.63) is 88.0 Å². The van der Waals surface area contributed by atoms with E-state index in [0.29, 0.717) is 18.0 Å². The van der Waals surface area contributed by atoms with Crippen molar-refractivity contribution in [3.8, 4) is 11.5 Å². The lowest BCUT2D eigenvalue weighted by Crippen LogP contribution is -2.31. The van der Waals surface area contributed by atoms with Crippen LogP contribution in [0.5, 0.6) is 11.5 Å². The number of sulfonamides is 1. The van der Waals surface area contributed by atoms with E-state index in [1.165, 1.54) is 44.6 Å². The molecule has 0 aromatic heterocycles. The van der Waals surface area contributed by atoms with Crippen LogP contribution in [0.25, 0.3) is 0 Å². The molecule has 3 aromatic rings. The fourth-order valence-electron chi connectivity index (χ4n) is 3.42. The highest BCUT2D eigenvalue weighted by Crippen LogP contribution is 2.29. The van der Waals surface area contributed by atoms with Gasteiger partial charge in [-0.15, -0.1) is 0 Å². The lowest BCUT2D eigenvalue weighted by Gasteiger charge is -2.23. The molecule has 3 rings (SSSR count). The summed E-state index contributed by atoms with van der Waals surface area (Å²) in [6.45, 7) is 2.43. The minimum absolute atomic E-state index is 0.0646. The van der Waals surface area contributed by atoms with Crippen LogP contribution in [0.15, 0.2) is 71.6 Å². The first-order valence-electron chi connectivity index (χ1n) is 10.6. The fraction of sp³-hybridized carbons (Fsp3) is 0.208. The minimum atomic E-state index is -4.19. The van der Waals surface area contributed by atoms with E-state index in [2.05, 4.69) is 4.72 Å². The van der Waals surface area contributed by atoms with Gasteiger partial charge >= 0.3 is 0 Å². The van der Waals surface area contributed by atoms with Gasteiger partial charge in [-0.05, 0) is 42.8 Å². The summed E-state index contributed by atoms with van der Waals surface area (Å²) in [6.07, 6.45) is 0. The number of anilines is 1. The van der Waals surface area contributed by atoms with Crippen LogP contribution in [-0.2, 0) is 16.6 Å². The first kappa shape index (κ1) is 25.5. The third kappa shape index (κ3) is 5.87. The van der Waals surface area contributed by atoms with Crippen LogP contribution < -0.4 is 14.2 Å². The van der Waals surface area contributed by atoms with E-state index in [1.807, 2.05) is 13.0 Å². The van der Waals surface area contributed by atoms with Crippen molar-refractivity contribution >= 4 is 27.3 Å². The van der Waals surface area contributed by atoms with Crippen molar-refractivity contribution in [1.82, 2.24) is 4.90 Å². The van der Waals surface area contributed by atoms with Crippen LogP contribution in [0, 0.1) is 10.1 Å². The van der Waals surface area contributed by atoms with Gasteiger partial charge in [0.2, 0.25) is 0 Å². The van der Waals surface area contributed by atoms with Crippen LogP contribution in [0.2, 0.25) is 0 Å². The molecular formula is C24H25N3O7S. The molecule has 11 heteroatoms. The third-order valence-electron chi connectivity index (χ3n) is 5.23. The molecule has 0 spiro atoms. The summed E-state index contributed by atoms with van der Waals surface area (Å²) in [5.74, 6) is 0.699. The standard InChI is InChI=1S/C24H25N3O7S/c1-4-26(16-17-12-13-22(33-2)23(14-17)34-3)24(28)20-10-5-6-11-21(20)25-35(31,32)19-9-7-8-18(15-19)27(29)30/h5-15,25H,4,16H2,1-3H3. The number of non-ortho nitro benzene ring substituents is 1. The molecule has 0 heterocycles. The monoisotopic (exact) mass is 499 g/mol. The Hall–Kier alpha value is -4.12. The number of amides is 1. The van der Waals surface area contributed by atoms with Crippen LogP contribution in [0.1, 0.15) is 22.8 Å². The summed E-state index contributed by atoms with van der Waals surface area (Å²) in [5.41, 5.74) is 0.649. The summed E-state index contributed by atoms with van der Waals surface area (Å²) in [4.78, 5) is 25.0. The molecule has 0 radical (unpaired) electrons. The van der Waals surface area contributed by atoms with Crippen molar-refractivity contribution in [1.29, 1.82) is 0 Å². The Morgan fingerprint density at radius 3 is 2.37 bits per heavy atom. The van der Waals surface area contributed by atoms with Crippen molar-refractivity contribution < 1.29 is 27.6 Å². The molecular weight excluding hydrogens is 474 g/mol. The number of rotatable bonds is 10. The quantitative estimate of drug-likeness (QED) is 0.329. The van der Waals surface area contributed by atoms with Gasteiger partial charge in [0, 0.05) is 25.2 Å². The Balaban J connectivity index is 1.89. The molecule has 0 aliphatic carbocycles. The van der Waals surface area contributed by atoms with E-state index >= 15 is 0 Å². The first-order valence-corrected chi connectivity index (χ1v) is 12.0. The van der Waals surface area contributed by atoms with Crippen LogP contribution >= 0.6 is 0 Å². The van der Waals surface area contributed by atoms with Crippen LogP contribution in [-0.4, -0.2) is 44.9 Å². The largest absolute Gasteiger partial charge is 0.493 e. The number of nitro benzene ring substituents is 1. The number of carbonyl (C=O) groups excluding carboxylic acids is 1. The maximum Gasteiger partial charge on any atom is 0.270 e. The van der Waals surface area contributed by atoms with Crippen molar-refractivity contribution in [2.24, 2.45) is 0 Å². The second-order valence-corrected chi connectivity index (χ2v) is 9.10. The van der Waals surface area contributed by atoms with Gasteiger partial charge in [0.1, 0.15) is 0 Å². The molecule has 0 aliphatic heterocycles. The molecule has 10 nitrogen and oxygen atoms in total. The predicted molar refractivity (Wildman–Crippen MR) is 130 cm³/mol. The van der Waals surface area contributed by atoms with Gasteiger partial charge < -0.3 is 14.4 Å². The van der Waals surface area contributed by atoms with Crippen molar-refractivity contribution in [2.45, 2.75) is 18.4 Å². The highest BCUT2D eigenvalue weighted by Gasteiger charge is 2.23. The third-order valence-corrected chi connectivity index (χ3v) is 6.59. The molecule has 1 amide bonds. The Morgan fingerprint density at radius 2 is 1.71 bits per heavy atom. The zero-order chi connectivity index (χ0) is 25.6. The molecule has 0 saturated carbocycles. The Kier molecular flexibility index (Phi) is 7.92. The molecule has 35 heavy (non-hydrogen) atoms. The number of hydrogen-bond acceptors (Lipinski definition) is 7. The van der Waals surface area contributed by atoms with Gasteiger partial charge in [-0.25, -0.2) is 8.42 Å². The number of hydrogen-bond donors (Lipinski definition) is 1. The number of ether oxygens (including phenoxy) is 2. The molecule has 0 saturated heterocycles. The highest BCUT2D eigenvalue weighted by atomic mass is 32.2. The Labute approximate surface area is 203 Å². The van der Waals surface area contributed by atoms with Gasteiger partial charge in [-0.1, -0.05) is 24.3 Å². The van der Waals surface area contributed by atoms with Gasteiger partial charge in [-0.3, -0.25) is 19.6 Å². The Bertz CT molecular complexity index is 1340. The normalized spacial score (nSPS) is 10.9. The minimum Gasteiger partial charge on any atom is -0.493 e. The van der Waals surface area contributed by atoms with Gasteiger partial charge in [0.05, 0.1) is 35.3 Å². The smallest absolute Gasteiger partial charge is 0.270 e. The van der Waals surface area contributed by atoms with E-state index in [1.54, 1.807) is 29.2 Å². The van der Waals surface area contributed by atoms with E-state index in [-0.39, 0.29) is 34.3 Å².